The second-order valence-corrected chi connectivity index (χ2v) is 4.06. The first-order valence-corrected chi connectivity index (χ1v) is 5.06. The molecule has 2 unspecified atom stereocenters. The predicted octanol–water partition coefficient (Wildman–Crippen LogP) is 2.15. The van der Waals surface area contributed by atoms with Crippen LogP contribution in [0.1, 0.15) is 31.2 Å². The third-order valence-electron chi connectivity index (χ3n) is 2.91. The maximum absolute atomic E-state index is 14.4. The van der Waals surface area contributed by atoms with Gasteiger partial charge in [-0.25, -0.2) is 4.39 Å². The zero-order chi connectivity index (χ0) is 10.0. The van der Waals surface area contributed by atoms with Crippen LogP contribution in [-0.4, -0.2) is 11.0 Å². The molecule has 0 saturated heterocycles. The van der Waals surface area contributed by atoms with Crippen molar-refractivity contribution < 1.29 is 4.39 Å². The molecular formula is C11H15FN2. The molecule has 0 spiro atoms. The van der Waals surface area contributed by atoms with Crippen molar-refractivity contribution in [2.45, 2.75) is 37.4 Å². The third-order valence-corrected chi connectivity index (χ3v) is 2.91. The molecule has 0 aromatic carbocycles. The minimum atomic E-state index is -1.24. The van der Waals surface area contributed by atoms with Gasteiger partial charge in [0.25, 0.3) is 0 Å². The van der Waals surface area contributed by atoms with Crippen molar-refractivity contribution in [3.05, 3.63) is 30.1 Å². The zero-order valence-electron chi connectivity index (χ0n) is 8.12. The van der Waals surface area contributed by atoms with E-state index in [9.17, 15) is 4.39 Å². The fourth-order valence-electron chi connectivity index (χ4n) is 2.15. The molecule has 0 radical (unpaired) electrons. The maximum atomic E-state index is 14.4. The standard InChI is InChI=1S/C11H15FN2/c12-11(5-1-4-10(13)7-11)9-3-2-6-14-8-9/h2-3,6,8,10H,1,4-5,7,13H2. The summed E-state index contributed by atoms with van der Waals surface area (Å²) in [6, 6.07) is 3.57. The molecule has 1 heterocycles. The Balaban J connectivity index is 2.23. The van der Waals surface area contributed by atoms with Gasteiger partial charge in [0.05, 0.1) is 0 Å². The predicted molar refractivity (Wildman–Crippen MR) is 53.5 cm³/mol. The SMILES string of the molecule is NC1CCCC(F)(c2cccnc2)C1. The lowest BCUT2D eigenvalue weighted by Gasteiger charge is -2.33. The summed E-state index contributed by atoms with van der Waals surface area (Å²) in [4.78, 5) is 3.95. The van der Waals surface area contributed by atoms with E-state index in [4.69, 9.17) is 5.73 Å². The molecule has 0 amide bonds. The van der Waals surface area contributed by atoms with E-state index in [-0.39, 0.29) is 6.04 Å². The summed E-state index contributed by atoms with van der Waals surface area (Å²) < 4.78 is 14.4. The molecule has 1 aliphatic rings. The van der Waals surface area contributed by atoms with Crippen LogP contribution in [0.25, 0.3) is 0 Å². The average Bonchev–Trinajstić information content (AvgIpc) is 2.19. The molecule has 0 bridgehead atoms. The maximum Gasteiger partial charge on any atom is 0.139 e. The summed E-state index contributed by atoms with van der Waals surface area (Å²) >= 11 is 0. The Bertz CT molecular complexity index is 301. The van der Waals surface area contributed by atoms with Crippen molar-refractivity contribution in [3.63, 3.8) is 0 Å². The van der Waals surface area contributed by atoms with Gasteiger partial charge in [0, 0.05) is 30.4 Å². The van der Waals surface area contributed by atoms with Crippen molar-refractivity contribution in [3.8, 4) is 0 Å². The van der Waals surface area contributed by atoms with Gasteiger partial charge in [-0.3, -0.25) is 4.98 Å². The molecule has 3 heteroatoms. The van der Waals surface area contributed by atoms with Crippen molar-refractivity contribution in [1.29, 1.82) is 0 Å². The lowest BCUT2D eigenvalue weighted by molar-refractivity contribution is 0.0944. The quantitative estimate of drug-likeness (QED) is 0.744. The molecule has 1 aromatic heterocycles. The first-order chi connectivity index (χ1) is 6.71. The molecule has 14 heavy (non-hydrogen) atoms. The van der Waals surface area contributed by atoms with Gasteiger partial charge >= 0.3 is 0 Å². The molecule has 0 aliphatic heterocycles. The van der Waals surface area contributed by atoms with E-state index in [1.165, 1.54) is 0 Å². The molecule has 76 valence electrons. The fourth-order valence-corrected chi connectivity index (χ4v) is 2.15. The van der Waals surface area contributed by atoms with Crippen molar-refractivity contribution in [1.82, 2.24) is 4.98 Å². The fraction of sp³-hybridized carbons (Fsp3) is 0.545. The average molecular weight is 194 g/mol. The second kappa shape index (κ2) is 3.65. The lowest BCUT2D eigenvalue weighted by atomic mass is 9.79. The summed E-state index contributed by atoms with van der Waals surface area (Å²) in [5.74, 6) is 0. The van der Waals surface area contributed by atoms with E-state index in [1.54, 1.807) is 24.5 Å². The highest BCUT2D eigenvalue weighted by atomic mass is 19.1. The molecule has 2 atom stereocenters. The molecule has 2 nitrogen and oxygen atoms in total. The Morgan fingerprint density at radius 2 is 2.43 bits per heavy atom. The summed E-state index contributed by atoms with van der Waals surface area (Å²) in [7, 11) is 0. The van der Waals surface area contributed by atoms with Gasteiger partial charge in [-0.2, -0.15) is 0 Å². The summed E-state index contributed by atoms with van der Waals surface area (Å²) in [5, 5.41) is 0. The van der Waals surface area contributed by atoms with Crippen LogP contribution in [0.2, 0.25) is 0 Å². The molecule has 1 aliphatic carbocycles. The number of pyridine rings is 1. The Morgan fingerprint density at radius 1 is 1.57 bits per heavy atom. The minimum Gasteiger partial charge on any atom is -0.328 e. The largest absolute Gasteiger partial charge is 0.328 e. The number of aromatic nitrogens is 1. The van der Waals surface area contributed by atoms with Gasteiger partial charge in [-0.05, 0) is 25.3 Å². The lowest BCUT2D eigenvalue weighted by Crippen LogP contribution is -2.36. The Labute approximate surface area is 83.3 Å². The Morgan fingerprint density at radius 3 is 3.07 bits per heavy atom. The summed E-state index contributed by atoms with van der Waals surface area (Å²) in [5.41, 5.74) is 5.22. The highest BCUT2D eigenvalue weighted by Crippen LogP contribution is 2.39. The van der Waals surface area contributed by atoms with Crippen molar-refractivity contribution in [2.24, 2.45) is 5.73 Å². The van der Waals surface area contributed by atoms with Gasteiger partial charge in [0.15, 0.2) is 0 Å². The van der Waals surface area contributed by atoms with Crippen LogP contribution in [-0.2, 0) is 5.67 Å². The number of nitrogens with two attached hydrogens (primary N) is 1. The number of nitrogens with zero attached hydrogens (tertiary/aromatic N) is 1. The number of hydrogen-bond acceptors (Lipinski definition) is 2. The topological polar surface area (TPSA) is 38.9 Å². The minimum absolute atomic E-state index is 0.00560. The normalized spacial score (nSPS) is 32.9. The van der Waals surface area contributed by atoms with Gasteiger partial charge < -0.3 is 5.73 Å². The number of alkyl halides is 1. The van der Waals surface area contributed by atoms with E-state index in [0.29, 0.717) is 18.4 Å². The van der Waals surface area contributed by atoms with Crippen LogP contribution < -0.4 is 5.73 Å². The third kappa shape index (κ3) is 1.77. The Kier molecular flexibility index (Phi) is 2.50. The van der Waals surface area contributed by atoms with Gasteiger partial charge in [0.1, 0.15) is 5.67 Å². The van der Waals surface area contributed by atoms with E-state index < -0.39 is 5.67 Å². The summed E-state index contributed by atoms with van der Waals surface area (Å²) in [6.45, 7) is 0. The van der Waals surface area contributed by atoms with Gasteiger partial charge in [-0.1, -0.05) is 6.07 Å². The molecular weight excluding hydrogens is 179 g/mol. The highest BCUT2D eigenvalue weighted by molar-refractivity contribution is 5.19. The van der Waals surface area contributed by atoms with E-state index in [0.717, 1.165) is 12.8 Å². The second-order valence-electron chi connectivity index (χ2n) is 4.06. The van der Waals surface area contributed by atoms with Crippen LogP contribution in [0.4, 0.5) is 4.39 Å². The smallest absolute Gasteiger partial charge is 0.139 e. The van der Waals surface area contributed by atoms with Crippen LogP contribution >= 0.6 is 0 Å². The van der Waals surface area contributed by atoms with Crippen LogP contribution in [0, 0.1) is 0 Å². The first kappa shape index (κ1) is 9.59. The van der Waals surface area contributed by atoms with Crippen LogP contribution in [0.5, 0.6) is 0 Å². The van der Waals surface area contributed by atoms with Gasteiger partial charge in [0.2, 0.25) is 0 Å². The van der Waals surface area contributed by atoms with Crippen molar-refractivity contribution >= 4 is 0 Å². The monoisotopic (exact) mass is 194 g/mol. The molecule has 1 aromatic rings. The molecule has 1 saturated carbocycles. The summed E-state index contributed by atoms with van der Waals surface area (Å²) in [6.07, 6.45) is 6.08. The number of rotatable bonds is 1. The highest BCUT2D eigenvalue weighted by Gasteiger charge is 2.36. The number of hydrogen-bond donors (Lipinski definition) is 1. The zero-order valence-corrected chi connectivity index (χ0v) is 8.12. The molecule has 2 N–H and O–H groups in total. The first-order valence-electron chi connectivity index (χ1n) is 5.06. The van der Waals surface area contributed by atoms with Crippen LogP contribution in [0.3, 0.4) is 0 Å². The van der Waals surface area contributed by atoms with Gasteiger partial charge in [-0.15, -0.1) is 0 Å². The Hall–Kier alpha value is -0.960. The van der Waals surface area contributed by atoms with E-state index in [1.807, 2.05) is 0 Å². The van der Waals surface area contributed by atoms with Crippen molar-refractivity contribution in [2.75, 3.05) is 0 Å². The van der Waals surface area contributed by atoms with Crippen LogP contribution in [0.15, 0.2) is 24.5 Å². The molecule has 2 rings (SSSR count). The van der Waals surface area contributed by atoms with E-state index in [2.05, 4.69) is 4.98 Å². The van der Waals surface area contributed by atoms with E-state index >= 15 is 0 Å². The molecule has 1 fully saturated rings. The number of halogens is 1.